The second kappa shape index (κ2) is 10.7. The van der Waals surface area contributed by atoms with Gasteiger partial charge in [-0.1, -0.05) is 35.9 Å². The zero-order valence-electron chi connectivity index (χ0n) is 18.5. The summed E-state index contributed by atoms with van der Waals surface area (Å²) >= 11 is 5.93. The van der Waals surface area contributed by atoms with Crippen molar-refractivity contribution in [3.63, 3.8) is 0 Å². The number of nitrogen functional groups attached to an aromatic ring is 1. The van der Waals surface area contributed by atoms with E-state index in [-0.39, 0.29) is 36.0 Å². The Hall–Kier alpha value is -4.37. The van der Waals surface area contributed by atoms with E-state index in [1.165, 1.54) is 6.26 Å². The maximum Gasteiger partial charge on any atom is 0.234 e. The fraction of sp³-hybridized carbons (Fsp3) is 0.154. The summed E-state index contributed by atoms with van der Waals surface area (Å²) in [6.07, 6.45) is 2.82. The number of halogens is 1. The molecule has 8 nitrogen and oxygen atoms in total. The Morgan fingerprint density at radius 2 is 1.66 bits per heavy atom. The summed E-state index contributed by atoms with van der Waals surface area (Å²) in [6, 6.07) is 18.6. The van der Waals surface area contributed by atoms with Crippen LogP contribution in [-0.4, -0.2) is 21.7 Å². The van der Waals surface area contributed by atoms with Gasteiger partial charge in [0, 0.05) is 22.8 Å². The number of rotatable bonds is 8. The number of hydrogen-bond donors (Lipinski definition) is 2. The third-order valence-electron chi connectivity index (χ3n) is 5.28. The number of nitrogens with zero attached hydrogens (tertiary/aromatic N) is 4. The number of benzene rings is 2. The molecule has 4 rings (SSSR count). The molecule has 0 aliphatic carbocycles. The van der Waals surface area contributed by atoms with Crippen molar-refractivity contribution in [1.82, 2.24) is 9.97 Å². The number of nitriles is 2. The van der Waals surface area contributed by atoms with Gasteiger partial charge in [-0.3, -0.25) is 0 Å². The minimum Gasteiger partial charge on any atom is -0.470 e. The molecule has 174 valence electrons. The van der Waals surface area contributed by atoms with Crippen LogP contribution in [0.15, 0.2) is 59.2 Å². The van der Waals surface area contributed by atoms with Gasteiger partial charge in [-0.25, -0.2) is 4.98 Å². The monoisotopic (exact) mass is 485 g/mol. The first kappa shape index (κ1) is 23.8. The van der Waals surface area contributed by atoms with Gasteiger partial charge < -0.3 is 20.0 Å². The van der Waals surface area contributed by atoms with Crippen molar-refractivity contribution in [2.24, 2.45) is 0 Å². The number of aryl methyl sites for hydroxylation is 1. The number of nitrogens with two attached hydrogens (primary N) is 1. The number of anilines is 1. The molecule has 0 bridgehead atoms. The van der Waals surface area contributed by atoms with Crippen molar-refractivity contribution in [1.29, 1.82) is 10.5 Å². The SMILES string of the molecule is N#Cc1c(N)nc(OCc2coc(-c3ccc(Cl)cc3)n2)c(C#N)c1-c1ccc(CCCO)cc1. The zero-order valence-corrected chi connectivity index (χ0v) is 19.3. The van der Waals surface area contributed by atoms with Crippen molar-refractivity contribution < 1.29 is 14.3 Å². The minimum atomic E-state index is -0.0390. The van der Waals surface area contributed by atoms with Crippen molar-refractivity contribution in [2.45, 2.75) is 19.4 Å². The third kappa shape index (κ3) is 5.25. The molecule has 9 heteroatoms. The van der Waals surface area contributed by atoms with Gasteiger partial charge in [0.1, 0.15) is 47.6 Å². The summed E-state index contributed by atoms with van der Waals surface area (Å²) in [7, 11) is 0. The molecule has 0 aliphatic heterocycles. The summed E-state index contributed by atoms with van der Waals surface area (Å²) in [4.78, 5) is 8.56. The lowest BCUT2D eigenvalue weighted by atomic mass is 9.95. The van der Waals surface area contributed by atoms with Gasteiger partial charge >= 0.3 is 0 Å². The van der Waals surface area contributed by atoms with Crippen molar-refractivity contribution in [3.8, 4) is 40.6 Å². The average Bonchev–Trinajstić information content (AvgIpc) is 3.35. The van der Waals surface area contributed by atoms with Gasteiger partial charge in [0.05, 0.1) is 0 Å². The van der Waals surface area contributed by atoms with Crippen LogP contribution in [-0.2, 0) is 13.0 Å². The molecular formula is C26H20ClN5O3. The molecule has 0 spiro atoms. The molecule has 2 aromatic heterocycles. The van der Waals surface area contributed by atoms with E-state index >= 15 is 0 Å². The van der Waals surface area contributed by atoms with Gasteiger partial charge in [0.2, 0.25) is 11.8 Å². The molecule has 2 heterocycles. The highest BCUT2D eigenvalue weighted by atomic mass is 35.5. The molecule has 2 aromatic carbocycles. The Morgan fingerprint density at radius 1 is 0.971 bits per heavy atom. The maximum atomic E-state index is 9.92. The molecule has 0 aliphatic rings. The molecule has 0 amide bonds. The molecule has 0 saturated heterocycles. The summed E-state index contributed by atoms with van der Waals surface area (Å²) in [5.74, 6) is 0.359. The molecule has 0 unspecified atom stereocenters. The number of aromatic nitrogens is 2. The van der Waals surface area contributed by atoms with E-state index in [9.17, 15) is 10.5 Å². The van der Waals surface area contributed by atoms with Crippen molar-refractivity contribution >= 4 is 17.4 Å². The quantitative estimate of drug-likeness (QED) is 0.359. The Balaban J connectivity index is 1.63. The molecule has 0 saturated carbocycles. The van der Waals surface area contributed by atoms with E-state index in [0.29, 0.717) is 34.2 Å². The van der Waals surface area contributed by atoms with Crippen LogP contribution in [0.4, 0.5) is 5.82 Å². The molecule has 3 N–H and O–H groups in total. The first-order valence-electron chi connectivity index (χ1n) is 10.7. The number of ether oxygens (including phenoxy) is 1. The van der Waals surface area contributed by atoms with Crippen molar-refractivity contribution in [2.75, 3.05) is 12.3 Å². The minimum absolute atomic E-state index is 0.000556. The Morgan fingerprint density at radius 3 is 2.31 bits per heavy atom. The lowest BCUT2D eigenvalue weighted by molar-refractivity contribution is 0.288. The predicted molar refractivity (Wildman–Crippen MR) is 130 cm³/mol. The average molecular weight is 486 g/mol. The van der Waals surface area contributed by atoms with Gasteiger partial charge in [-0.15, -0.1) is 0 Å². The Labute approximate surface area is 206 Å². The Kier molecular flexibility index (Phi) is 7.27. The second-order valence-electron chi connectivity index (χ2n) is 7.61. The predicted octanol–water partition coefficient (Wildman–Crippen LogP) is 4.89. The molecule has 0 atom stereocenters. The van der Waals surface area contributed by atoms with Crippen LogP contribution in [0.25, 0.3) is 22.6 Å². The normalized spacial score (nSPS) is 10.5. The molecule has 0 fully saturated rings. The van der Waals surface area contributed by atoms with Crippen LogP contribution in [0.1, 0.15) is 28.8 Å². The highest BCUT2D eigenvalue weighted by Gasteiger charge is 2.22. The van der Waals surface area contributed by atoms with Crippen LogP contribution < -0.4 is 10.5 Å². The molecular weight excluding hydrogens is 466 g/mol. The molecule has 35 heavy (non-hydrogen) atoms. The number of oxazole rings is 1. The Bertz CT molecular complexity index is 1420. The highest BCUT2D eigenvalue weighted by Crippen LogP contribution is 2.35. The van der Waals surface area contributed by atoms with Crippen LogP contribution in [0.2, 0.25) is 5.02 Å². The van der Waals surface area contributed by atoms with Crippen LogP contribution in [0.3, 0.4) is 0 Å². The smallest absolute Gasteiger partial charge is 0.234 e. The van der Waals surface area contributed by atoms with E-state index in [2.05, 4.69) is 16.0 Å². The first-order chi connectivity index (χ1) is 17.0. The van der Waals surface area contributed by atoms with Crippen molar-refractivity contribution in [3.05, 3.63) is 82.2 Å². The maximum absolute atomic E-state index is 9.92. The topological polar surface area (TPSA) is 142 Å². The first-order valence-corrected chi connectivity index (χ1v) is 11.1. The lowest BCUT2D eigenvalue weighted by Gasteiger charge is -2.13. The number of hydrogen-bond acceptors (Lipinski definition) is 8. The second-order valence-corrected chi connectivity index (χ2v) is 8.05. The number of pyridine rings is 1. The third-order valence-corrected chi connectivity index (χ3v) is 5.53. The zero-order chi connectivity index (χ0) is 24.8. The van der Waals surface area contributed by atoms with Crippen LogP contribution in [0.5, 0.6) is 5.88 Å². The summed E-state index contributed by atoms with van der Waals surface area (Å²) in [6.45, 7) is 0.0802. The van der Waals surface area contributed by atoms with E-state index < -0.39 is 0 Å². The van der Waals surface area contributed by atoms with E-state index in [0.717, 1.165) is 17.5 Å². The number of aliphatic hydroxyl groups is 1. The van der Waals surface area contributed by atoms with Crippen LogP contribution in [0, 0.1) is 22.7 Å². The largest absolute Gasteiger partial charge is 0.470 e. The lowest BCUT2D eigenvalue weighted by Crippen LogP contribution is -2.06. The fourth-order valence-corrected chi connectivity index (χ4v) is 3.68. The van der Waals surface area contributed by atoms with Gasteiger partial charge in [0.15, 0.2) is 0 Å². The van der Waals surface area contributed by atoms with Crippen LogP contribution >= 0.6 is 11.6 Å². The van der Waals surface area contributed by atoms with Gasteiger partial charge in [-0.05, 0) is 48.2 Å². The van der Waals surface area contributed by atoms with E-state index in [1.54, 1.807) is 24.3 Å². The summed E-state index contributed by atoms with van der Waals surface area (Å²) in [5, 5.41) is 29.3. The van der Waals surface area contributed by atoms with Gasteiger partial charge in [-0.2, -0.15) is 15.5 Å². The molecule has 4 aromatic rings. The number of aliphatic hydroxyl groups excluding tert-OH is 1. The fourth-order valence-electron chi connectivity index (χ4n) is 3.55. The van der Waals surface area contributed by atoms with E-state index in [1.807, 2.05) is 30.3 Å². The van der Waals surface area contributed by atoms with E-state index in [4.69, 9.17) is 31.6 Å². The standard InChI is InChI=1S/C26H20ClN5O3/c27-19-9-7-18(8-10-19)25-31-20(14-34-25)15-35-26-22(13-29)23(21(12-28)24(30)32-26)17-5-3-16(4-6-17)2-1-11-33/h3-10,14,33H,1-2,11,15H2,(H2,30,32). The highest BCUT2D eigenvalue weighted by molar-refractivity contribution is 6.30. The molecule has 0 radical (unpaired) electrons. The summed E-state index contributed by atoms with van der Waals surface area (Å²) < 4.78 is 11.3. The summed E-state index contributed by atoms with van der Waals surface area (Å²) in [5.41, 5.74) is 9.51. The van der Waals surface area contributed by atoms with Gasteiger partial charge in [0.25, 0.3) is 0 Å².